The molecule has 1 heterocycles. The molecule has 2 aliphatic carbocycles. The van der Waals surface area contributed by atoms with Crippen molar-refractivity contribution in [2.75, 3.05) is 39.1 Å². The first kappa shape index (κ1) is 19.5. The lowest BCUT2D eigenvalue weighted by molar-refractivity contribution is -0.140. The number of anilines is 1. The molecule has 0 spiro atoms. The Bertz CT molecular complexity index is 833. The standard InChI is InChI=1S/C22H29N5O2/c1-23-22(25-13-14-5-4-6-17(11-14)26(2)3)24-9-10-27-20(28)18-15-7-8-16(12-15)19(18)21(27)29/h4-8,11,15-16,18-19H,9-10,12-13H2,1-3H3,(H2,23,24,25). The van der Waals surface area contributed by atoms with E-state index in [0.29, 0.717) is 25.6 Å². The van der Waals surface area contributed by atoms with Gasteiger partial charge in [0.1, 0.15) is 0 Å². The molecule has 1 aromatic carbocycles. The molecule has 7 nitrogen and oxygen atoms in total. The first-order valence-corrected chi connectivity index (χ1v) is 10.2. The van der Waals surface area contributed by atoms with Crippen LogP contribution in [0.4, 0.5) is 5.69 Å². The van der Waals surface area contributed by atoms with Crippen LogP contribution in [0.25, 0.3) is 0 Å². The van der Waals surface area contributed by atoms with Crippen LogP contribution in [-0.2, 0) is 16.1 Å². The van der Waals surface area contributed by atoms with E-state index < -0.39 is 0 Å². The molecule has 0 radical (unpaired) electrons. The van der Waals surface area contributed by atoms with E-state index in [1.807, 2.05) is 20.2 Å². The van der Waals surface area contributed by atoms with Crippen molar-refractivity contribution in [2.24, 2.45) is 28.7 Å². The van der Waals surface area contributed by atoms with Crippen molar-refractivity contribution in [3.05, 3.63) is 42.0 Å². The van der Waals surface area contributed by atoms with Crippen molar-refractivity contribution in [3.63, 3.8) is 0 Å². The third-order valence-electron chi connectivity index (χ3n) is 6.30. The number of carbonyl (C=O) groups is 2. The largest absolute Gasteiger partial charge is 0.378 e. The van der Waals surface area contributed by atoms with Gasteiger partial charge in [-0.3, -0.25) is 19.5 Å². The van der Waals surface area contributed by atoms with Crippen LogP contribution in [0.15, 0.2) is 41.4 Å². The Morgan fingerprint density at radius 1 is 1.14 bits per heavy atom. The molecule has 2 amide bonds. The van der Waals surface area contributed by atoms with Gasteiger partial charge in [-0.2, -0.15) is 0 Å². The monoisotopic (exact) mass is 395 g/mol. The minimum absolute atomic E-state index is 0.00194. The Morgan fingerprint density at radius 2 is 1.83 bits per heavy atom. The molecule has 1 aromatic rings. The van der Waals surface area contributed by atoms with Crippen molar-refractivity contribution in [2.45, 2.75) is 13.0 Å². The summed E-state index contributed by atoms with van der Waals surface area (Å²) in [6.07, 6.45) is 5.20. The lowest BCUT2D eigenvalue weighted by atomic mass is 9.85. The van der Waals surface area contributed by atoms with Crippen LogP contribution in [0.5, 0.6) is 0 Å². The van der Waals surface area contributed by atoms with E-state index in [4.69, 9.17) is 0 Å². The van der Waals surface area contributed by atoms with Gasteiger partial charge in [-0.05, 0) is 36.0 Å². The summed E-state index contributed by atoms with van der Waals surface area (Å²) < 4.78 is 0. The Morgan fingerprint density at radius 3 is 2.45 bits per heavy atom. The van der Waals surface area contributed by atoms with Gasteiger partial charge < -0.3 is 15.5 Å². The fraction of sp³-hybridized carbons (Fsp3) is 0.500. The van der Waals surface area contributed by atoms with Gasteiger partial charge in [0.05, 0.1) is 11.8 Å². The summed E-state index contributed by atoms with van der Waals surface area (Å²) in [4.78, 5) is 33.2. The van der Waals surface area contributed by atoms with Crippen LogP contribution in [0.3, 0.4) is 0 Å². The number of benzene rings is 1. The second-order valence-electron chi connectivity index (χ2n) is 8.24. The maximum Gasteiger partial charge on any atom is 0.233 e. The molecule has 154 valence electrons. The lowest BCUT2D eigenvalue weighted by Crippen LogP contribution is -2.43. The highest BCUT2D eigenvalue weighted by atomic mass is 16.2. The molecule has 2 fully saturated rings. The normalized spacial score (nSPS) is 27.6. The van der Waals surface area contributed by atoms with Crippen LogP contribution in [0.1, 0.15) is 12.0 Å². The molecule has 4 unspecified atom stereocenters. The van der Waals surface area contributed by atoms with Crippen molar-refractivity contribution < 1.29 is 9.59 Å². The fourth-order valence-corrected chi connectivity index (χ4v) is 4.82. The first-order chi connectivity index (χ1) is 14.0. The van der Waals surface area contributed by atoms with Crippen molar-refractivity contribution in [1.82, 2.24) is 15.5 Å². The number of hydrogen-bond donors (Lipinski definition) is 2. The van der Waals surface area contributed by atoms with Gasteiger partial charge in [0, 0.05) is 46.5 Å². The number of imide groups is 1. The predicted octanol–water partition coefficient (Wildman–Crippen LogP) is 1.22. The second-order valence-corrected chi connectivity index (χ2v) is 8.24. The Labute approximate surface area is 171 Å². The molecule has 2 bridgehead atoms. The number of amides is 2. The molecule has 1 aliphatic heterocycles. The highest BCUT2D eigenvalue weighted by Crippen LogP contribution is 2.52. The summed E-state index contributed by atoms with van der Waals surface area (Å²) in [5.74, 6) is 0.918. The number of fused-ring (bicyclic) bond motifs is 5. The minimum atomic E-state index is -0.126. The van der Waals surface area contributed by atoms with E-state index in [1.165, 1.54) is 4.90 Å². The molecule has 1 saturated heterocycles. The smallest absolute Gasteiger partial charge is 0.233 e. The Balaban J connectivity index is 1.27. The third-order valence-corrected chi connectivity index (χ3v) is 6.30. The summed E-state index contributed by atoms with van der Waals surface area (Å²) in [6, 6.07) is 8.29. The number of likely N-dealkylation sites (tertiary alicyclic amines) is 1. The maximum atomic E-state index is 12.7. The van der Waals surface area contributed by atoms with E-state index in [1.54, 1.807) is 7.05 Å². The topological polar surface area (TPSA) is 77.0 Å². The molecular formula is C22H29N5O2. The molecule has 4 atom stereocenters. The molecule has 7 heteroatoms. The average Bonchev–Trinajstić information content (AvgIpc) is 3.40. The Kier molecular flexibility index (Phi) is 5.30. The zero-order valence-electron chi connectivity index (χ0n) is 17.3. The van der Waals surface area contributed by atoms with Gasteiger partial charge in [-0.25, -0.2) is 0 Å². The van der Waals surface area contributed by atoms with E-state index in [9.17, 15) is 9.59 Å². The molecule has 0 aromatic heterocycles. The quantitative estimate of drug-likeness (QED) is 0.328. The van der Waals surface area contributed by atoms with Gasteiger partial charge in [0.25, 0.3) is 0 Å². The molecule has 4 rings (SSSR count). The van der Waals surface area contributed by atoms with Gasteiger partial charge in [0.2, 0.25) is 11.8 Å². The SMILES string of the molecule is CN=C(NCCN1C(=O)C2C3C=CC(C3)C2C1=O)NCc1cccc(N(C)C)c1. The zero-order valence-corrected chi connectivity index (χ0v) is 17.3. The van der Waals surface area contributed by atoms with Crippen LogP contribution >= 0.6 is 0 Å². The van der Waals surface area contributed by atoms with Crippen LogP contribution in [0, 0.1) is 23.7 Å². The summed E-state index contributed by atoms with van der Waals surface area (Å²) in [5, 5.41) is 6.50. The predicted molar refractivity (Wildman–Crippen MR) is 113 cm³/mol. The number of rotatable bonds is 6. The van der Waals surface area contributed by atoms with E-state index in [2.05, 4.69) is 50.9 Å². The number of nitrogens with one attached hydrogen (secondary N) is 2. The molecule has 3 aliphatic rings. The third kappa shape index (κ3) is 3.61. The van der Waals surface area contributed by atoms with Gasteiger partial charge in [-0.1, -0.05) is 24.3 Å². The number of aliphatic imine (C=N–C) groups is 1. The molecule has 1 saturated carbocycles. The summed E-state index contributed by atoms with van der Waals surface area (Å²) in [5.41, 5.74) is 2.30. The van der Waals surface area contributed by atoms with E-state index >= 15 is 0 Å². The van der Waals surface area contributed by atoms with Crippen molar-refractivity contribution in [3.8, 4) is 0 Å². The Hall–Kier alpha value is -2.83. The number of allylic oxidation sites excluding steroid dienone is 2. The molecule has 2 N–H and O–H groups in total. The number of guanidine groups is 1. The van der Waals surface area contributed by atoms with Crippen molar-refractivity contribution in [1.29, 1.82) is 0 Å². The molecule has 29 heavy (non-hydrogen) atoms. The van der Waals surface area contributed by atoms with E-state index in [0.717, 1.165) is 17.7 Å². The second kappa shape index (κ2) is 7.89. The average molecular weight is 396 g/mol. The van der Waals surface area contributed by atoms with Gasteiger partial charge in [0.15, 0.2) is 5.96 Å². The van der Waals surface area contributed by atoms with Gasteiger partial charge in [-0.15, -0.1) is 0 Å². The van der Waals surface area contributed by atoms with Gasteiger partial charge >= 0.3 is 0 Å². The van der Waals surface area contributed by atoms with Crippen LogP contribution in [0.2, 0.25) is 0 Å². The first-order valence-electron chi connectivity index (χ1n) is 10.2. The van der Waals surface area contributed by atoms with Crippen LogP contribution < -0.4 is 15.5 Å². The highest BCUT2D eigenvalue weighted by molar-refractivity contribution is 6.06. The minimum Gasteiger partial charge on any atom is -0.378 e. The fourth-order valence-electron chi connectivity index (χ4n) is 4.82. The maximum absolute atomic E-state index is 12.7. The summed E-state index contributed by atoms with van der Waals surface area (Å²) >= 11 is 0. The lowest BCUT2D eigenvalue weighted by Gasteiger charge is -2.19. The summed E-state index contributed by atoms with van der Waals surface area (Å²) in [7, 11) is 5.75. The summed E-state index contributed by atoms with van der Waals surface area (Å²) in [6.45, 7) is 1.50. The number of hydrogen-bond acceptors (Lipinski definition) is 4. The zero-order chi connectivity index (χ0) is 20.5. The number of nitrogens with zero attached hydrogens (tertiary/aromatic N) is 3. The van der Waals surface area contributed by atoms with Crippen LogP contribution in [-0.4, -0.2) is 56.9 Å². The number of carbonyl (C=O) groups excluding carboxylic acids is 2. The van der Waals surface area contributed by atoms with E-state index in [-0.39, 0.29) is 35.5 Å². The molecular weight excluding hydrogens is 366 g/mol. The van der Waals surface area contributed by atoms with Crippen molar-refractivity contribution >= 4 is 23.5 Å². The highest BCUT2D eigenvalue weighted by Gasteiger charge is 2.58.